The molecular formula is C22H24N6OS. The topological polar surface area (TPSA) is 84.7 Å². The summed E-state index contributed by atoms with van der Waals surface area (Å²) in [6, 6.07) is 5.72. The van der Waals surface area contributed by atoms with Gasteiger partial charge in [0.05, 0.1) is 12.2 Å². The lowest BCUT2D eigenvalue weighted by atomic mass is 10.1. The van der Waals surface area contributed by atoms with Gasteiger partial charge in [-0.25, -0.2) is 4.98 Å². The zero-order valence-corrected chi connectivity index (χ0v) is 17.7. The highest BCUT2D eigenvalue weighted by atomic mass is 32.1. The lowest BCUT2D eigenvalue weighted by Crippen LogP contribution is -2.22. The highest BCUT2D eigenvalue weighted by molar-refractivity contribution is 7.17. The van der Waals surface area contributed by atoms with E-state index in [9.17, 15) is 4.79 Å². The summed E-state index contributed by atoms with van der Waals surface area (Å²) >= 11 is 1.37. The molecule has 3 heterocycles. The zero-order valence-electron chi connectivity index (χ0n) is 16.8. The van der Waals surface area contributed by atoms with Crippen molar-refractivity contribution in [1.29, 1.82) is 0 Å². The van der Waals surface area contributed by atoms with Crippen molar-refractivity contribution < 1.29 is 4.79 Å². The van der Waals surface area contributed by atoms with Gasteiger partial charge >= 0.3 is 0 Å². The molecule has 4 rings (SSSR count). The number of pyridine rings is 1. The third kappa shape index (κ3) is 5.01. The number of thiazole rings is 1. The van der Waals surface area contributed by atoms with Gasteiger partial charge in [0.25, 0.3) is 5.91 Å². The normalized spacial score (nSPS) is 13.2. The number of hydrogen-bond donors (Lipinski definition) is 2. The molecule has 8 heteroatoms. The Hall–Kier alpha value is -3.26. The molecule has 0 saturated carbocycles. The summed E-state index contributed by atoms with van der Waals surface area (Å²) in [5.41, 5.74) is 3.63. The van der Waals surface area contributed by atoms with Gasteiger partial charge in [-0.15, -0.1) is 11.3 Å². The first-order chi connectivity index (χ1) is 14.7. The first-order valence-corrected chi connectivity index (χ1v) is 10.8. The second kappa shape index (κ2) is 9.49. The number of aryl methyl sites for hydroxylation is 1. The largest absolute Gasteiger partial charge is 0.383 e. The minimum Gasteiger partial charge on any atom is -0.383 e. The smallest absolute Gasteiger partial charge is 0.263 e. The van der Waals surface area contributed by atoms with E-state index in [0.29, 0.717) is 17.1 Å². The minimum atomic E-state index is -0.127. The van der Waals surface area contributed by atoms with Gasteiger partial charge in [-0.05, 0) is 43.5 Å². The number of carbonyl (C=O) groups is 1. The van der Waals surface area contributed by atoms with E-state index >= 15 is 0 Å². The number of allylic oxidation sites excluding steroid dienone is 3. The number of rotatable bonds is 8. The molecule has 1 amide bonds. The molecule has 154 valence electrons. The molecule has 0 spiro atoms. The summed E-state index contributed by atoms with van der Waals surface area (Å²) in [6.45, 7) is 3.85. The monoisotopic (exact) mass is 420 g/mol. The summed E-state index contributed by atoms with van der Waals surface area (Å²) < 4.78 is 1.90. The van der Waals surface area contributed by atoms with E-state index in [2.05, 4.69) is 43.9 Å². The lowest BCUT2D eigenvalue weighted by Gasteiger charge is -2.10. The van der Waals surface area contributed by atoms with Crippen molar-refractivity contribution in [3.8, 4) is 10.7 Å². The Balaban J connectivity index is 1.35. The number of amides is 1. The van der Waals surface area contributed by atoms with Crippen LogP contribution < -0.4 is 10.6 Å². The fraction of sp³-hybridized carbons (Fsp3) is 0.273. The van der Waals surface area contributed by atoms with E-state index in [-0.39, 0.29) is 5.91 Å². The molecule has 3 aromatic heterocycles. The summed E-state index contributed by atoms with van der Waals surface area (Å²) in [5.74, 6) is -0.127. The molecule has 0 fully saturated rings. The number of aromatic nitrogens is 4. The second-order valence-corrected chi connectivity index (χ2v) is 8.01. The molecule has 0 saturated heterocycles. The van der Waals surface area contributed by atoms with E-state index in [1.54, 1.807) is 12.4 Å². The van der Waals surface area contributed by atoms with Crippen LogP contribution in [0.4, 0.5) is 0 Å². The van der Waals surface area contributed by atoms with Gasteiger partial charge < -0.3 is 10.6 Å². The maximum Gasteiger partial charge on any atom is 0.263 e. The van der Waals surface area contributed by atoms with Crippen LogP contribution >= 0.6 is 11.3 Å². The van der Waals surface area contributed by atoms with Crippen LogP contribution in [0.2, 0.25) is 0 Å². The first-order valence-electron chi connectivity index (χ1n) is 9.98. The van der Waals surface area contributed by atoms with E-state index in [0.717, 1.165) is 42.2 Å². The highest BCUT2D eigenvalue weighted by Crippen LogP contribution is 2.26. The molecule has 3 aromatic rings. The van der Waals surface area contributed by atoms with Crippen LogP contribution in [0.15, 0.2) is 60.7 Å². The van der Waals surface area contributed by atoms with E-state index < -0.39 is 0 Å². The minimum absolute atomic E-state index is 0.127. The van der Waals surface area contributed by atoms with Gasteiger partial charge in [-0.2, -0.15) is 5.10 Å². The maximum absolute atomic E-state index is 12.6. The van der Waals surface area contributed by atoms with Crippen molar-refractivity contribution in [3.63, 3.8) is 0 Å². The molecule has 0 unspecified atom stereocenters. The fourth-order valence-corrected chi connectivity index (χ4v) is 4.09. The van der Waals surface area contributed by atoms with Crippen LogP contribution in [0.1, 0.15) is 33.8 Å². The van der Waals surface area contributed by atoms with Crippen molar-refractivity contribution in [2.45, 2.75) is 32.9 Å². The van der Waals surface area contributed by atoms with Crippen LogP contribution in [0.3, 0.4) is 0 Å². The third-order valence-electron chi connectivity index (χ3n) is 4.70. The average molecular weight is 421 g/mol. The first kappa shape index (κ1) is 20.0. The Labute approximate surface area is 179 Å². The molecule has 2 N–H and O–H groups in total. The third-order valence-corrected chi connectivity index (χ3v) is 5.88. The number of nitrogens with one attached hydrogen (secondary N) is 2. The van der Waals surface area contributed by atoms with Gasteiger partial charge in [-0.3, -0.25) is 14.5 Å². The summed E-state index contributed by atoms with van der Waals surface area (Å²) in [4.78, 5) is 21.8. The number of nitrogens with zero attached hydrogens (tertiary/aromatic N) is 4. The molecular weight excluding hydrogens is 396 g/mol. The van der Waals surface area contributed by atoms with E-state index in [4.69, 9.17) is 0 Å². The standard InChI is InChI=1S/C22H24N6OS/c1-16-20(21(29)25-15-17-6-5-10-23-14-17)30-22(26-16)19-9-12-28(27-19)13-11-24-18-7-3-2-4-8-18/h3,5-10,12,14,24H,2,4,11,13,15H2,1H3,(H,25,29). The zero-order chi connectivity index (χ0) is 20.8. The summed E-state index contributed by atoms with van der Waals surface area (Å²) in [7, 11) is 0. The Morgan fingerprint density at radius 2 is 2.23 bits per heavy atom. The van der Waals surface area contributed by atoms with Gasteiger partial charge in [0.1, 0.15) is 15.6 Å². The molecule has 30 heavy (non-hydrogen) atoms. The molecule has 7 nitrogen and oxygen atoms in total. The van der Waals surface area contributed by atoms with Crippen LogP contribution in [-0.2, 0) is 13.1 Å². The SMILES string of the molecule is Cc1nc(-c2ccn(CCNC3=CCCC=C3)n2)sc1C(=O)NCc1cccnc1. The van der Waals surface area contributed by atoms with Crippen molar-refractivity contribution in [2.24, 2.45) is 0 Å². The van der Waals surface area contributed by atoms with Gasteiger partial charge in [-0.1, -0.05) is 18.2 Å². The second-order valence-electron chi connectivity index (χ2n) is 7.01. The van der Waals surface area contributed by atoms with Gasteiger partial charge in [0, 0.05) is 37.4 Å². The van der Waals surface area contributed by atoms with Crippen molar-refractivity contribution in [2.75, 3.05) is 6.54 Å². The highest BCUT2D eigenvalue weighted by Gasteiger charge is 2.17. The molecule has 0 atom stereocenters. The van der Waals surface area contributed by atoms with Crippen molar-refractivity contribution in [1.82, 2.24) is 30.4 Å². The number of hydrogen-bond acceptors (Lipinski definition) is 6. The summed E-state index contributed by atoms with van der Waals surface area (Å²) in [6.07, 6.45) is 14.1. The predicted octanol–water partition coefficient (Wildman–Crippen LogP) is 3.46. The molecule has 1 aliphatic rings. The quantitative estimate of drug-likeness (QED) is 0.583. The van der Waals surface area contributed by atoms with Crippen molar-refractivity contribution >= 4 is 17.2 Å². The van der Waals surface area contributed by atoms with Gasteiger partial charge in [0.2, 0.25) is 0 Å². The van der Waals surface area contributed by atoms with Crippen LogP contribution in [0.5, 0.6) is 0 Å². The van der Waals surface area contributed by atoms with Crippen molar-refractivity contribution in [3.05, 3.63) is 76.8 Å². The Morgan fingerprint density at radius 3 is 3.03 bits per heavy atom. The Kier molecular flexibility index (Phi) is 6.34. The fourth-order valence-electron chi connectivity index (χ4n) is 3.14. The number of carbonyl (C=O) groups excluding carboxylic acids is 1. The lowest BCUT2D eigenvalue weighted by molar-refractivity contribution is 0.0954. The molecule has 0 radical (unpaired) electrons. The Morgan fingerprint density at radius 1 is 1.30 bits per heavy atom. The van der Waals surface area contributed by atoms with Crippen LogP contribution in [0.25, 0.3) is 10.7 Å². The molecule has 1 aliphatic carbocycles. The van der Waals surface area contributed by atoms with Crippen LogP contribution in [0, 0.1) is 6.92 Å². The van der Waals surface area contributed by atoms with Gasteiger partial charge in [0.15, 0.2) is 0 Å². The predicted molar refractivity (Wildman–Crippen MR) is 118 cm³/mol. The molecule has 0 aliphatic heterocycles. The van der Waals surface area contributed by atoms with E-state index in [1.807, 2.05) is 36.0 Å². The maximum atomic E-state index is 12.6. The van der Waals surface area contributed by atoms with Crippen LogP contribution in [-0.4, -0.2) is 32.2 Å². The average Bonchev–Trinajstić information content (AvgIpc) is 3.40. The molecule has 0 aromatic carbocycles. The summed E-state index contributed by atoms with van der Waals surface area (Å²) in [5, 5.41) is 11.7. The Bertz CT molecular complexity index is 1070. The van der Waals surface area contributed by atoms with E-state index in [1.165, 1.54) is 17.0 Å². The molecule has 0 bridgehead atoms.